The number of anilines is 1. The van der Waals surface area contributed by atoms with Gasteiger partial charge >= 0.3 is 12.3 Å². The zero-order chi connectivity index (χ0) is 23.8. The number of ether oxygens (including phenoxy) is 2. The third kappa shape index (κ3) is 5.16. The predicted molar refractivity (Wildman–Crippen MR) is 117 cm³/mol. The fourth-order valence-corrected chi connectivity index (χ4v) is 4.88. The summed E-state index contributed by atoms with van der Waals surface area (Å²) >= 11 is 0.839. The smallest absolute Gasteiger partial charge is 0.417 e. The van der Waals surface area contributed by atoms with Gasteiger partial charge in [-0.15, -0.1) is 11.3 Å². The van der Waals surface area contributed by atoms with Crippen molar-refractivity contribution in [2.24, 2.45) is 5.92 Å². The van der Waals surface area contributed by atoms with Crippen LogP contribution in [-0.2, 0) is 15.7 Å². The van der Waals surface area contributed by atoms with Gasteiger partial charge in [0.15, 0.2) is 0 Å². The number of nitrogens with zero attached hydrogens (tertiary/aromatic N) is 2. The van der Waals surface area contributed by atoms with E-state index >= 15 is 0 Å². The van der Waals surface area contributed by atoms with Crippen LogP contribution in [0.4, 0.5) is 23.8 Å². The molecule has 33 heavy (non-hydrogen) atoms. The molecule has 0 unspecified atom stereocenters. The zero-order valence-electron chi connectivity index (χ0n) is 18.2. The number of amides is 2. The highest BCUT2D eigenvalue weighted by Crippen LogP contribution is 2.40. The Hall–Kier alpha value is -2.60. The van der Waals surface area contributed by atoms with E-state index in [2.05, 4.69) is 15.6 Å². The van der Waals surface area contributed by atoms with Crippen molar-refractivity contribution in [2.45, 2.75) is 37.6 Å². The fraction of sp³-hybridized carbons (Fsp3) is 0.571. The summed E-state index contributed by atoms with van der Waals surface area (Å²) in [5.74, 6) is 0.105. The van der Waals surface area contributed by atoms with Crippen molar-refractivity contribution in [1.29, 1.82) is 0 Å². The van der Waals surface area contributed by atoms with E-state index in [0.717, 1.165) is 30.2 Å². The van der Waals surface area contributed by atoms with E-state index in [1.807, 2.05) is 0 Å². The van der Waals surface area contributed by atoms with E-state index in [1.54, 1.807) is 4.90 Å². The molecule has 1 saturated carbocycles. The van der Waals surface area contributed by atoms with Gasteiger partial charge < -0.3 is 25.0 Å². The lowest BCUT2D eigenvalue weighted by Crippen LogP contribution is -2.50. The van der Waals surface area contributed by atoms with E-state index in [9.17, 15) is 22.8 Å². The third-order valence-corrected chi connectivity index (χ3v) is 6.90. The van der Waals surface area contributed by atoms with Crippen LogP contribution in [-0.4, -0.2) is 63.0 Å². The third-order valence-electron chi connectivity index (χ3n) is 5.90. The van der Waals surface area contributed by atoms with Crippen LogP contribution in [0.25, 0.3) is 10.2 Å². The summed E-state index contributed by atoms with van der Waals surface area (Å²) in [6.07, 6.45) is -3.64. The van der Waals surface area contributed by atoms with Gasteiger partial charge in [0, 0.05) is 45.6 Å². The molecule has 180 valence electrons. The standard InChI is InChI=1S/C21H25F3N4O4S/c1-25-19(29)12-10-33-18-13(21(22,23)24)7-16(27-17(12)18)28-6-5-14(15(9-28)31-2)32-20(30)26-8-11-3-4-11/h7,10-11,14-15H,3-6,8-9H2,1-2H3,(H,25,29)(H,26,30)/t14-,15+/m0/s1. The van der Waals surface area contributed by atoms with Gasteiger partial charge in [0.25, 0.3) is 5.91 Å². The average molecular weight is 487 g/mol. The van der Waals surface area contributed by atoms with E-state index < -0.39 is 35.9 Å². The van der Waals surface area contributed by atoms with Crippen LogP contribution in [0.1, 0.15) is 35.2 Å². The molecule has 1 aliphatic heterocycles. The van der Waals surface area contributed by atoms with Crippen LogP contribution in [0.2, 0.25) is 0 Å². The number of thiophene rings is 1. The molecule has 2 atom stereocenters. The lowest BCUT2D eigenvalue weighted by molar-refractivity contribution is -0.136. The number of alkyl halides is 3. The number of fused-ring (bicyclic) bond motifs is 1. The number of piperidine rings is 1. The second kappa shape index (κ2) is 9.34. The molecule has 2 amide bonds. The Labute approximate surface area is 192 Å². The monoisotopic (exact) mass is 486 g/mol. The van der Waals surface area contributed by atoms with Gasteiger partial charge in [-0.1, -0.05) is 0 Å². The molecule has 8 nitrogen and oxygen atoms in total. The summed E-state index contributed by atoms with van der Waals surface area (Å²) in [5, 5.41) is 6.56. The SMILES string of the molecule is CNC(=O)c1csc2c(C(F)(F)F)cc(N3CC[C@H](OC(=O)NCC4CC4)[C@H](OC)C3)nc12. The average Bonchev–Trinajstić information content (AvgIpc) is 3.53. The Morgan fingerprint density at radius 1 is 1.27 bits per heavy atom. The highest BCUT2D eigenvalue weighted by Gasteiger charge is 2.38. The predicted octanol–water partition coefficient (Wildman–Crippen LogP) is 3.40. The number of carbonyl (C=O) groups is 2. The second-order valence-electron chi connectivity index (χ2n) is 8.21. The van der Waals surface area contributed by atoms with Crippen LogP contribution in [0.5, 0.6) is 0 Å². The van der Waals surface area contributed by atoms with Crippen LogP contribution in [0.3, 0.4) is 0 Å². The van der Waals surface area contributed by atoms with E-state index in [4.69, 9.17) is 9.47 Å². The first-order chi connectivity index (χ1) is 15.7. The summed E-state index contributed by atoms with van der Waals surface area (Å²) in [5.41, 5.74) is -0.732. The van der Waals surface area contributed by atoms with Crippen molar-refractivity contribution < 1.29 is 32.2 Å². The summed E-state index contributed by atoms with van der Waals surface area (Å²) in [6.45, 7) is 1.08. The van der Waals surface area contributed by atoms with Crippen molar-refractivity contribution in [3.8, 4) is 0 Å². The van der Waals surface area contributed by atoms with E-state index in [1.165, 1.54) is 19.5 Å². The molecule has 1 aliphatic carbocycles. The van der Waals surface area contributed by atoms with Crippen molar-refractivity contribution in [2.75, 3.05) is 38.7 Å². The van der Waals surface area contributed by atoms with Crippen molar-refractivity contribution in [3.05, 3.63) is 22.6 Å². The van der Waals surface area contributed by atoms with Crippen molar-refractivity contribution in [1.82, 2.24) is 15.6 Å². The minimum atomic E-state index is -4.61. The molecule has 4 rings (SSSR count). The minimum Gasteiger partial charge on any atom is -0.443 e. The first kappa shape index (κ1) is 23.6. The molecular formula is C21H25F3N4O4S. The topological polar surface area (TPSA) is 92.8 Å². The molecule has 2 fully saturated rings. The Morgan fingerprint density at radius 2 is 2.03 bits per heavy atom. The molecule has 3 heterocycles. The number of pyridine rings is 1. The molecule has 0 bridgehead atoms. The molecule has 12 heteroatoms. The second-order valence-corrected chi connectivity index (χ2v) is 9.09. The molecule has 0 aromatic carbocycles. The highest BCUT2D eigenvalue weighted by molar-refractivity contribution is 7.17. The Kier molecular flexibility index (Phi) is 6.66. The maximum atomic E-state index is 13.8. The van der Waals surface area contributed by atoms with E-state index in [-0.39, 0.29) is 28.1 Å². The number of aromatic nitrogens is 1. The van der Waals surface area contributed by atoms with Crippen molar-refractivity contribution in [3.63, 3.8) is 0 Å². The van der Waals surface area contributed by atoms with Gasteiger partial charge in [-0.3, -0.25) is 4.79 Å². The summed E-state index contributed by atoms with van der Waals surface area (Å²) in [7, 11) is 2.88. The van der Waals surface area contributed by atoms with Crippen LogP contribution < -0.4 is 15.5 Å². The molecule has 2 aromatic heterocycles. The molecule has 0 radical (unpaired) electrons. The number of hydrogen-bond acceptors (Lipinski definition) is 7. The maximum Gasteiger partial charge on any atom is 0.417 e. The maximum absolute atomic E-state index is 13.8. The highest BCUT2D eigenvalue weighted by atomic mass is 32.1. The normalized spacial score (nSPS) is 21.2. The Balaban J connectivity index is 1.56. The molecular weight excluding hydrogens is 461 g/mol. The largest absolute Gasteiger partial charge is 0.443 e. The van der Waals surface area contributed by atoms with Crippen LogP contribution in [0, 0.1) is 5.92 Å². The number of rotatable bonds is 6. The Bertz CT molecular complexity index is 1040. The molecule has 1 saturated heterocycles. The molecule has 0 spiro atoms. The van der Waals surface area contributed by atoms with Crippen LogP contribution in [0.15, 0.2) is 11.4 Å². The quantitative estimate of drug-likeness (QED) is 0.650. The molecule has 2 aromatic rings. The van der Waals surface area contributed by atoms with Crippen LogP contribution >= 0.6 is 11.3 Å². The Morgan fingerprint density at radius 3 is 2.67 bits per heavy atom. The summed E-state index contributed by atoms with van der Waals surface area (Å²) in [6, 6.07) is 1.00. The summed E-state index contributed by atoms with van der Waals surface area (Å²) in [4.78, 5) is 30.3. The number of nitrogens with one attached hydrogen (secondary N) is 2. The first-order valence-electron chi connectivity index (χ1n) is 10.6. The van der Waals surface area contributed by atoms with Gasteiger partial charge in [-0.2, -0.15) is 13.2 Å². The zero-order valence-corrected chi connectivity index (χ0v) is 19.0. The number of hydrogen-bond donors (Lipinski definition) is 2. The number of halogens is 3. The van der Waals surface area contributed by atoms with Gasteiger partial charge in [-0.25, -0.2) is 9.78 Å². The number of carbonyl (C=O) groups excluding carboxylic acids is 2. The molecule has 2 aliphatic rings. The lowest BCUT2D eigenvalue weighted by Gasteiger charge is -2.38. The summed E-state index contributed by atoms with van der Waals surface area (Å²) < 4.78 is 52.3. The lowest BCUT2D eigenvalue weighted by atomic mass is 10.0. The number of alkyl carbamates (subject to hydrolysis) is 1. The number of methoxy groups -OCH3 is 1. The van der Waals surface area contributed by atoms with Crippen molar-refractivity contribution >= 4 is 39.4 Å². The minimum absolute atomic E-state index is 0.0102. The fourth-order valence-electron chi connectivity index (χ4n) is 3.86. The van der Waals surface area contributed by atoms with E-state index in [0.29, 0.717) is 25.4 Å². The van der Waals surface area contributed by atoms with Gasteiger partial charge in [-0.05, 0) is 24.8 Å². The first-order valence-corrected chi connectivity index (χ1v) is 11.5. The molecule has 2 N–H and O–H groups in total. The van der Waals surface area contributed by atoms with Gasteiger partial charge in [0.05, 0.1) is 21.3 Å². The van der Waals surface area contributed by atoms with Gasteiger partial charge in [0.1, 0.15) is 18.0 Å². The van der Waals surface area contributed by atoms with Gasteiger partial charge in [0.2, 0.25) is 0 Å².